The lowest BCUT2D eigenvalue weighted by molar-refractivity contribution is -0.196. The number of halogens is 2. The van der Waals surface area contributed by atoms with Crippen molar-refractivity contribution in [1.29, 1.82) is 0 Å². The highest BCUT2D eigenvalue weighted by Gasteiger charge is 2.50. The molecule has 4 atom stereocenters. The maximum Gasteiger partial charge on any atom is 0.335 e. The summed E-state index contributed by atoms with van der Waals surface area (Å²) in [6, 6.07) is 36.2. The van der Waals surface area contributed by atoms with Crippen molar-refractivity contribution in [2.45, 2.75) is 43.7 Å². The van der Waals surface area contributed by atoms with E-state index in [1.54, 1.807) is 0 Å². The molecule has 0 spiro atoms. The molecule has 5 aromatic carbocycles. The molecule has 66 heavy (non-hydrogen) atoms. The quantitative estimate of drug-likeness (QED) is 0.0223. The van der Waals surface area contributed by atoms with E-state index in [0.29, 0.717) is 5.56 Å². The lowest BCUT2D eigenvalue weighted by atomic mass is 9.79. The van der Waals surface area contributed by atoms with Crippen LogP contribution in [0, 0.1) is 11.6 Å². The Hall–Kier alpha value is -6.83. The van der Waals surface area contributed by atoms with E-state index in [4.69, 9.17) is 24.7 Å². The second kappa shape index (κ2) is 24.5. The third-order valence-corrected chi connectivity index (χ3v) is 14.7. The van der Waals surface area contributed by atoms with Crippen molar-refractivity contribution in [3.05, 3.63) is 162 Å². The maximum absolute atomic E-state index is 12.8. The number of ether oxygens (including phenoxy) is 1. The fraction of sp³-hybridized carbons (Fsp3) is 0.174. The van der Waals surface area contributed by atoms with Gasteiger partial charge in [0.15, 0.2) is 28.7 Å². The number of aromatic hydroxyl groups is 2. The first-order valence-electron chi connectivity index (χ1n) is 19.6. The molecule has 0 saturated heterocycles. The predicted octanol–water partition coefficient (Wildman–Crippen LogP) is 4.02. The Morgan fingerprint density at radius 1 is 0.727 bits per heavy atom. The topological polar surface area (TPSA) is 297 Å². The molecular formula is C46H47F2O16PSi. The molecule has 0 radical (unpaired) electrons. The molecule has 1 fully saturated rings. The van der Waals surface area contributed by atoms with Crippen molar-refractivity contribution >= 4 is 66.9 Å². The highest BCUT2D eigenvalue weighted by molar-refractivity contribution is 7.51. The first-order chi connectivity index (χ1) is 31.0. The first kappa shape index (κ1) is 53.5. The Balaban J connectivity index is 0.000000256. The predicted molar refractivity (Wildman–Crippen MR) is 240 cm³/mol. The van der Waals surface area contributed by atoms with Gasteiger partial charge in [-0.05, 0) is 51.5 Å². The second-order valence-corrected chi connectivity index (χ2v) is 19.9. The smallest absolute Gasteiger partial charge is 0.335 e. The minimum absolute atomic E-state index is 0.0625. The summed E-state index contributed by atoms with van der Waals surface area (Å²) >= 11 is 0. The van der Waals surface area contributed by atoms with Gasteiger partial charge in [-0.1, -0.05) is 116 Å². The zero-order valence-electron chi connectivity index (χ0n) is 34.9. The highest BCUT2D eigenvalue weighted by atomic mass is 31.2. The van der Waals surface area contributed by atoms with Crippen LogP contribution in [0.25, 0.3) is 12.2 Å². The summed E-state index contributed by atoms with van der Waals surface area (Å²) in [6.45, 7) is 1.45. The number of phenols is 2. The van der Waals surface area contributed by atoms with Crippen LogP contribution in [0.4, 0.5) is 13.6 Å². The van der Waals surface area contributed by atoms with Gasteiger partial charge in [-0.3, -0.25) is 9.36 Å². The number of carboxylic acid groups (broad SMARTS) is 3. The van der Waals surface area contributed by atoms with E-state index in [9.17, 15) is 63.2 Å². The number of rotatable bonds is 11. The molecule has 0 aromatic heterocycles. The standard InChI is InChI=1S/C19H16O2Si.C16H18O9.C9H6F2O2.C2H7O3P/c20-19(21)22(16-10-4-1-5-11-16,17-12-6-2-7-13-17)18-14-8-3-9-15-18;17-9-3-1-8(5-10(9)18)2-4-13(20)25-12-7-16(24,15(22)23)6-11(19)14(12)21;10-7-3-1-2-6(9(7)11)4-5-8(12)13;1-2-6(3,4)5/h1-15H,(H,20,21);1-5,11-12,14,17-19,21,24H,6-7H2,(H,22,23);1-5H,(H,12,13);2H2,1H3,(H2,3,4,5)/b;4-2+;5-4+;/t;11-,12-,14-,16+;;/m.1../s1. The molecule has 0 aliphatic heterocycles. The number of aliphatic hydroxyl groups is 3. The number of carbonyl (C=O) groups excluding carboxylic acids is 1. The lowest BCUT2D eigenvalue weighted by Crippen LogP contribution is -2.72. The van der Waals surface area contributed by atoms with Crippen LogP contribution >= 0.6 is 7.60 Å². The van der Waals surface area contributed by atoms with Crippen LogP contribution in [0.2, 0.25) is 0 Å². The number of hydrogen-bond donors (Lipinski definition) is 10. The molecule has 0 unspecified atom stereocenters. The van der Waals surface area contributed by atoms with Crippen molar-refractivity contribution in [1.82, 2.24) is 0 Å². The molecule has 350 valence electrons. The van der Waals surface area contributed by atoms with Crippen LogP contribution in [0.3, 0.4) is 0 Å². The molecule has 1 saturated carbocycles. The van der Waals surface area contributed by atoms with Crippen LogP contribution < -0.4 is 15.6 Å². The van der Waals surface area contributed by atoms with Gasteiger partial charge in [0.25, 0.3) is 13.7 Å². The second-order valence-electron chi connectivity index (χ2n) is 14.3. The number of aliphatic carboxylic acids is 2. The summed E-state index contributed by atoms with van der Waals surface area (Å²) in [5.74, 6) is -6.48. The molecule has 0 amide bonds. The van der Waals surface area contributed by atoms with Crippen molar-refractivity contribution in [2.24, 2.45) is 0 Å². The van der Waals surface area contributed by atoms with Gasteiger partial charge >= 0.3 is 25.5 Å². The Morgan fingerprint density at radius 3 is 1.65 bits per heavy atom. The van der Waals surface area contributed by atoms with Gasteiger partial charge in [-0.25, -0.2) is 23.2 Å². The summed E-state index contributed by atoms with van der Waals surface area (Å²) in [5.41, 5.74) is -2.76. The van der Waals surface area contributed by atoms with E-state index in [1.165, 1.54) is 43.3 Å². The molecule has 6 rings (SSSR count). The Bertz CT molecular complexity index is 2430. The third-order valence-electron chi connectivity index (χ3n) is 9.68. The largest absolute Gasteiger partial charge is 0.504 e. The molecule has 0 heterocycles. The summed E-state index contributed by atoms with van der Waals surface area (Å²) in [4.78, 5) is 61.3. The summed E-state index contributed by atoms with van der Waals surface area (Å²) in [5, 5.41) is 78.2. The van der Waals surface area contributed by atoms with Crippen LogP contribution in [-0.4, -0.2) is 112 Å². The number of esters is 1. The van der Waals surface area contributed by atoms with E-state index in [0.717, 1.165) is 39.9 Å². The zero-order valence-corrected chi connectivity index (χ0v) is 36.8. The number of carboxylic acids is 2. The molecule has 20 heteroatoms. The number of phenolic OH excluding ortho intramolecular Hbond substituents is 2. The van der Waals surface area contributed by atoms with Gasteiger partial charge in [0, 0.05) is 36.7 Å². The van der Waals surface area contributed by atoms with Gasteiger partial charge in [0.05, 0.1) is 6.10 Å². The van der Waals surface area contributed by atoms with Gasteiger partial charge in [0.2, 0.25) is 0 Å². The molecule has 1 aliphatic carbocycles. The SMILES string of the molecule is CCP(=O)(O)O.O=C(/C=C/c1ccc(O)c(O)c1)O[C@@H]1C[C@](O)(C(=O)O)C[C@@H](O)[C@H]1O.O=C(O)/C=C/c1cccc(F)c1F.O=C(O)[Si](c1ccccc1)(c1ccccc1)c1ccccc1. The molecule has 0 bridgehead atoms. The molecule has 10 N–H and O–H groups in total. The van der Waals surface area contributed by atoms with Crippen molar-refractivity contribution < 1.29 is 87.9 Å². The van der Waals surface area contributed by atoms with E-state index >= 15 is 0 Å². The fourth-order valence-electron chi connectivity index (χ4n) is 6.28. The van der Waals surface area contributed by atoms with Crippen molar-refractivity contribution in [3.8, 4) is 11.5 Å². The number of hydrogen-bond acceptors (Lipinski definition) is 11. The first-order valence-corrected chi connectivity index (χ1v) is 23.4. The van der Waals surface area contributed by atoms with E-state index in [1.807, 2.05) is 91.0 Å². The normalized spacial score (nSPS) is 18.0. The molecule has 5 aromatic rings. The van der Waals surface area contributed by atoms with Gasteiger partial charge in [-0.15, -0.1) is 0 Å². The van der Waals surface area contributed by atoms with Gasteiger partial charge in [0.1, 0.15) is 12.2 Å². The van der Waals surface area contributed by atoms with Crippen LogP contribution in [-0.2, 0) is 23.7 Å². The summed E-state index contributed by atoms with van der Waals surface area (Å²) in [6.07, 6.45) is -1.75. The zero-order chi connectivity index (χ0) is 49.2. The average molecular weight is 953 g/mol. The number of aliphatic hydroxyl groups excluding tert-OH is 2. The van der Waals surface area contributed by atoms with Crippen LogP contribution in [0.5, 0.6) is 11.5 Å². The number of carbonyl (C=O) groups is 4. The van der Waals surface area contributed by atoms with Gasteiger partial charge < -0.3 is 55.4 Å². The number of benzene rings is 5. The molecular weight excluding hydrogens is 906 g/mol. The van der Waals surface area contributed by atoms with Crippen LogP contribution in [0.15, 0.2) is 140 Å². The average Bonchev–Trinajstić information content (AvgIpc) is 3.28. The summed E-state index contributed by atoms with van der Waals surface area (Å²) in [7, 11) is -6.73. The van der Waals surface area contributed by atoms with E-state index in [2.05, 4.69) is 0 Å². The van der Waals surface area contributed by atoms with Crippen molar-refractivity contribution in [3.63, 3.8) is 0 Å². The van der Waals surface area contributed by atoms with Gasteiger partial charge in [-0.2, -0.15) is 0 Å². The lowest BCUT2D eigenvalue weighted by Gasteiger charge is -2.39. The fourth-order valence-corrected chi connectivity index (χ4v) is 10.1. The minimum atomic E-state index is -3.65. The monoisotopic (exact) mass is 952 g/mol. The molecule has 1 aliphatic rings. The Kier molecular flexibility index (Phi) is 19.8. The Labute approximate surface area is 377 Å². The van der Waals surface area contributed by atoms with E-state index < -0.39 is 87.6 Å². The minimum Gasteiger partial charge on any atom is -0.504 e. The van der Waals surface area contributed by atoms with Crippen LogP contribution in [0.1, 0.15) is 30.9 Å². The third kappa shape index (κ3) is 15.1. The van der Waals surface area contributed by atoms with E-state index in [-0.39, 0.29) is 23.2 Å². The summed E-state index contributed by atoms with van der Waals surface area (Å²) < 4.78 is 40.0. The van der Waals surface area contributed by atoms with Crippen molar-refractivity contribution in [2.75, 3.05) is 6.16 Å². The molecule has 16 nitrogen and oxygen atoms in total. The highest BCUT2D eigenvalue weighted by Crippen LogP contribution is 2.33. The maximum atomic E-state index is 12.8. The Morgan fingerprint density at radius 2 is 1.23 bits per heavy atom.